The molecule has 198 valence electrons. The smallest absolute Gasteiger partial charge is 0.743 e. The van der Waals surface area contributed by atoms with E-state index in [1.807, 2.05) is 0 Å². The Morgan fingerprint density at radius 1 is 0.629 bits per heavy atom. The Morgan fingerprint density at radius 3 is 1.26 bits per heavy atom. The molecular weight excluding hydrogens is 580 g/mol. The van der Waals surface area contributed by atoms with Crippen LogP contribution < -0.4 is 18.9 Å². The van der Waals surface area contributed by atoms with Gasteiger partial charge in [0.2, 0.25) is 0 Å². The van der Waals surface area contributed by atoms with Crippen molar-refractivity contribution in [3.8, 4) is 0 Å². The zero-order valence-electron chi connectivity index (χ0n) is 15.7. The quantitative estimate of drug-likeness (QED) is 0.276. The van der Waals surface area contributed by atoms with Crippen molar-refractivity contribution in [1.82, 2.24) is 0 Å². The number of sulfone groups is 1. The Hall–Kier alpha value is -1.37. The molecule has 0 amide bonds. The van der Waals surface area contributed by atoms with Gasteiger partial charge in [-0.2, -0.15) is 57.1 Å². The van der Waals surface area contributed by atoms with E-state index in [0.717, 1.165) is 0 Å². The van der Waals surface area contributed by atoms with Crippen molar-refractivity contribution in [2.75, 3.05) is 0 Å². The minimum Gasteiger partial charge on any atom is -0.743 e. The van der Waals surface area contributed by atoms with E-state index < -0.39 is 88.6 Å². The summed E-state index contributed by atoms with van der Waals surface area (Å²) in [4.78, 5) is -3.45. The zero-order valence-corrected chi connectivity index (χ0v) is 17.3. The fourth-order valence-electron chi connectivity index (χ4n) is 1.98. The molecule has 0 atom stereocenters. The first kappa shape index (κ1) is 33.6. The standard InChI is InChI=1S/C12H3F15O5S2.Li/c13-4-1-3(7(15,16)8(17,18)9(19,20)10(21,22)23)2-5(14)6(4)33(28,29)11(24,25)12(26,27)34(30,31)32;/h1-2H,(H,30,31,32);/q;+1/p-1. The molecule has 0 saturated heterocycles. The molecule has 0 radical (unpaired) electrons. The molecule has 1 rings (SSSR count). The molecule has 35 heavy (non-hydrogen) atoms. The van der Waals surface area contributed by atoms with Gasteiger partial charge in [-0.15, -0.1) is 0 Å². The molecule has 0 aliphatic rings. The number of rotatable bonds is 7. The molecule has 0 aliphatic carbocycles. The molecule has 23 heteroatoms. The van der Waals surface area contributed by atoms with Gasteiger partial charge in [0.15, 0.2) is 10.1 Å². The Labute approximate surface area is 195 Å². The molecule has 0 aliphatic heterocycles. The second-order valence-electron chi connectivity index (χ2n) is 5.98. The van der Waals surface area contributed by atoms with Crippen LogP contribution in [0.15, 0.2) is 17.0 Å². The average Bonchev–Trinajstić information content (AvgIpc) is 2.58. The summed E-state index contributed by atoms with van der Waals surface area (Å²) in [5, 5.41) is -14.4. The largest absolute Gasteiger partial charge is 1.00 e. The Kier molecular flexibility index (Phi) is 8.53. The Balaban J connectivity index is 0.0000116. The molecule has 0 saturated carbocycles. The third kappa shape index (κ3) is 4.71. The van der Waals surface area contributed by atoms with E-state index in [4.69, 9.17) is 0 Å². The van der Waals surface area contributed by atoms with Crippen LogP contribution in [0, 0.1) is 11.6 Å². The van der Waals surface area contributed by atoms with E-state index in [9.17, 15) is 87.2 Å². The van der Waals surface area contributed by atoms with Crippen molar-refractivity contribution in [2.24, 2.45) is 0 Å². The van der Waals surface area contributed by atoms with Crippen molar-refractivity contribution < 1.29 is 106 Å². The first-order chi connectivity index (χ1) is 14.5. The van der Waals surface area contributed by atoms with Crippen LogP contribution >= 0.6 is 0 Å². The molecule has 0 spiro atoms. The third-order valence-electron chi connectivity index (χ3n) is 3.76. The van der Waals surface area contributed by atoms with E-state index in [2.05, 4.69) is 0 Å². The predicted octanol–water partition coefficient (Wildman–Crippen LogP) is 1.40. The van der Waals surface area contributed by atoms with Gasteiger partial charge in [0.05, 0.1) is 0 Å². The topological polar surface area (TPSA) is 91.3 Å². The number of benzene rings is 1. The van der Waals surface area contributed by atoms with E-state index >= 15 is 0 Å². The predicted molar refractivity (Wildman–Crippen MR) is 73.0 cm³/mol. The molecule has 0 fully saturated rings. The Morgan fingerprint density at radius 2 is 0.971 bits per heavy atom. The van der Waals surface area contributed by atoms with E-state index in [1.54, 1.807) is 0 Å². The van der Waals surface area contributed by atoms with Crippen LogP contribution in [0.5, 0.6) is 0 Å². The fourth-order valence-corrected chi connectivity index (χ4v) is 4.11. The van der Waals surface area contributed by atoms with E-state index in [0.29, 0.717) is 0 Å². The zero-order chi connectivity index (χ0) is 27.7. The number of hydrogen-bond donors (Lipinski definition) is 0. The van der Waals surface area contributed by atoms with Crippen LogP contribution in [0.2, 0.25) is 0 Å². The SMILES string of the molecule is O=S(=O)([O-])C(F)(F)C(F)(F)S(=O)(=O)c1c(F)cc(C(F)(F)C(F)(F)C(F)(F)C(F)(F)F)cc1F.[Li+]. The monoisotopic (exact) mass is 582 g/mol. The van der Waals surface area contributed by atoms with Crippen LogP contribution in [0.25, 0.3) is 0 Å². The van der Waals surface area contributed by atoms with Crippen molar-refractivity contribution in [3.05, 3.63) is 29.3 Å². The second kappa shape index (κ2) is 8.88. The normalized spacial score (nSPS) is 15.1. The number of alkyl halides is 13. The summed E-state index contributed by atoms with van der Waals surface area (Å²) in [5.74, 6) is -29.1. The second-order valence-corrected chi connectivity index (χ2v) is 9.33. The summed E-state index contributed by atoms with van der Waals surface area (Å²) in [5.41, 5.74) is -3.22. The van der Waals surface area contributed by atoms with Crippen molar-refractivity contribution in [3.63, 3.8) is 0 Å². The third-order valence-corrected chi connectivity index (χ3v) is 6.64. The van der Waals surface area contributed by atoms with E-state index in [-0.39, 0.29) is 18.9 Å². The molecule has 0 aromatic heterocycles. The first-order valence-electron chi connectivity index (χ1n) is 7.19. The van der Waals surface area contributed by atoms with Gasteiger partial charge in [-0.3, -0.25) is 0 Å². The molecule has 0 bridgehead atoms. The molecular formula is C12H2F15LiO5S2. The van der Waals surface area contributed by atoms with E-state index in [1.165, 1.54) is 0 Å². The number of halogens is 15. The van der Waals surface area contributed by atoms with Crippen LogP contribution in [-0.2, 0) is 25.9 Å². The fraction of sp³-hybridized carbons (Fsp3) is 0.500. The molecule has 0 heterocycles. The summed E-state index contributed by atoms with van der Waals surface area (Å²) in [6.45, 7) is 0. The van der Waals surface area contributed by atoms with Crippen molar-refractivity contribution >= 4 is 20.0 Å². The summed E-state index contributed by atoms with van der Waals surface area (Å²) < 4.78 is 251. The first-order valence-corrected chi connectivity index (χ1v) is 10.1. The molecule has 0 N–H and O–H groups in total. The van der Waals surface area contributed by atoms with Crippen LogP contribution in [-0.4, -0.2) is 49.9 Å². The Bertz CT molecular complexity index is 1170. The minimum atomic E-state index is -7.76. The minimum absolute atomic E-state index is 0. The summed E-state index contributed by atoms with van der Waals surface area (Å²) >= 11 is 0. The van der Waals surface area contributed by atoms with Crippen molar-refractivity contribution in [1.29, 1.82) is 0 Å². The maximum atomic E-state index is 13.9. The maximum absolute atomic E-state index is 13.9. The maximum Gasteiger partial charge on any atom is 1.00 e. The van der Waals surface area contributed by atoms with Gasteiger partial charge < -0.3 is 4.55 Å². The van der Waals surface area contributed by atoms with Gasteiger partial charge >= 0.3 is 53.3 Å². The molecule has 1 aromatic carbocycles. The van der Waals surface area contributed by atoms with Gasteiger partial charge in [0.25, 0.3) is 9.84 Å². The van der Waals surface area contributed by atoms with Crippen LogP contribution in [0.3, 0.4) is 0 Å². The van der Waals surface area contributed by atoms with Crippen molar-refractivity contribution in [2.45, 2.75) is 39.3 Å². The van der Waals surface area contributed by atoms with Gasteiger partial charge in [0, 0.05) is 5.56 Å². The molecule has 5 nitrogen and oxygen atoms in total. The summed E-state index contributed by atoms with van der Waals surface area (Å²) in [7, 11) is -15.4. The molecule has 0 unspecified atom stereocenters. The van der Waals surface area contributed by atoms with Gasteiger partial charge in [-0.1, -0.05) is 0 Å². The number of hydrogen-bond acceptors (Lipinski definition) is 5. The molecule has 1 aromatic rings. The van der Waals surface area contributed by atoms with Crippen LogP contribution in [0.1, 0.15) is 5.56 Å². The van der Waals surface area contributed by atoms with Gasteiger partial charge in [-0.25, -0.2) is 25.6 Å². The van der Waals surface area contributed by atoms with Gasteiger partial charge in [0.1, 0.15) is 16.5 Å². The average molecular weight is 582 g/mol. The summed E-state index contributed by atoms with van der Waals surface area (Å²) in [6.07, 6.45) is -7.40. The van der Waals surface area contributed by atoms with Gasteiger partial charge in [-0.05, 0) is 12.1 Å². The van der Waals surface area contributed by atoms with Crippen LogP contribution in [0.4, 0.5) is 65.9 Å². The summed E-state index contributed by atoms with van der Waals surface area (Å²) in [6, 6.07) is -3.01.